The van der Waals surface area contributed by atoms with Gasteiger partial charge in [-0.1, -0.05) is 0 Å². The van der Waals surface area contributed by atoms with Crippen LogP contribution in [0.1, 0.15) is 19.8 Å². The Morgan fingerprint density at radius 3 is 2.73 bits per heavy atom. The molecule has 1 spiro atoms. The SMILES string of the molecule is CC(=O)Nc1cc2c(-c3nc(S(C)(=O)=O)cc4c3OCC3(CC3)O4)cn(C)c2cn1. The quantitative estimate of drug-likeness (QED) is 0.681. The fourth-order valence-electron chi connectivity index (χ4n) is 3.64. The summed E-state index contributed by atoms with van der Waals surface area (Å²) in [7, 11) is -1.72. The van der Waals surface area contributed by atoms with Crippen LogP contribution in [0.4, 0.5) is 5.82 Å². The zero-order valence-corrected chi connectivity index (χ0v) is 17.5. The number of nitrogens with zero attached hydrogens (tertiary/aromatic N) is 3. The Bertz CT molecular complexity index is 1320. The minimum Gasteiger partial charge on any atom is -0.483 e. The maximum absolute atomic E-state index is 12.3. The average Bonchev–Trinajstić information content (AvgIpc) is 3.33. The number of carbonyl (C=O) groups excluding carboxylic acids is 1. The zero-order valence-electron chi connectivity index (χ0n) is 16.7. The lowest BCUT2D eigenvalue weighted by molar-refractivity contribution is -0.114. The summed E-state index contributed by atoms with van der Waals surface area (Å²) in [4.78, 5) is 20.1. The van der Waals surface area contributed by atoms with Crippen LogP contribution < -0.4 is 14.8 Å². The number of aryl methyl sites for hydroxylation is 1. The molecule has 1 fully saturated rings. The molecular formula is C20H20N4O5S. The van der Waals surface area contributed by atoms with Crippen molar-refractivity contribution in [1.29, 1.82) is 0 Å². The molecule has 1 aliphatic carbocycles. The molecule has 0 unspecified atom stereocenters. The number of sulfone groups is 1. The molecule has 3 aromatic rings. The lowest BCUT2D eigenvalue weighted by Gasteiger charge is -2.28. The van der Waals surface area contributed by atoms with Crippen LogP contribution >= 0.6 is 0 Å². The monoisotopic (exact) mass is 428 g/mol. The number of anilines is 1. The summed E-state index contributed by atoms with van der Waals surface area (Å²) < 4.78 is 38.6. The van der Waals surface area contributed by atoms with E-state index in [4.69, 9.17) is 9.47 Å². The van der Waals surface area contributed by atoms with E-state index in [9.17, 15) is 13.2 Å². The molecule has 1 amide bonds. The van der Waals surface area contributed by atoms with Crippen molar-refractivity contribution in [2.45, 2.75) is 30.4 Å². The second kappa shape index (κ2) is 6.18. The largest absolute Gasteiger partial charge is 0.483 e. The molecule has 156 valence electrons. The molecule has 2 aliphatic rings. The highest BCUT2D eigenvalue weighted by atomic mass is 32.2. The van der Waals surface area contributed by atoms with Crippen molar-refractivity contribution in [1.82, 2.24) is 14.5 Å². The number of pyridine rings is 2. The molecule has 0 radical (unpaired) electrons. The smallest absolute Gasteiger partial charge is 0.222 e. The van der Waals surface area contributed by atoms with E-state index in [1.54, 1.807) is 12.3 Å². The van der Waals surface area contributed by atoms with Crippen LogP contribution in [0.2, 0.25) is 0 Å². The molecule has 10 heteroatoms. The number of carbonyl (C=O) groups is 1. The van der Waals surface area contributed by atoms with Gasteiger partial charge < -0.3 is 19.4 Å². The van der Waals surface area contributed by atoms with Gasteiger partial charge in [0.2, 0.25) is 5.91 Å². The first kappa shape index (κ1) is 18.9. The molecule has 0 bridgehead atoms. The topological polar surface area (TPSA) is 112 Å². The standard InChI is InChI=1S/C20H20N4O5S/c1-11(25)22-16-6-12-13(9-24(2)14(12)8-21-16)18-19-15(7-17(23-18)30(3,26)27)29-20(4-5-20)10-28-19/h6-9H,4-5,10H2,1-3H3,(H,21,22,25). The van der Waals surface area contributed by atoms with E-state index in [0.717, 1.165) is 30.0 Å². The first-order valence-electron chi connectivity index (χ1n) is 9.45. The number of hydrogen-bond donors (Lipinski definition) is 1. The maximum atomic E-state index is 12.3. The molecule has 30 heavy (non-hydrogen) atoms. The molecule has 1 N–H and O–H groups in total. The van der Waals surface area contributed by atoms with Gasteiger partial charge in [-0.3, -0.25) is 4.79 Å². The Hall–Kier alpha value is -3.14. The summed E-state index contributed by atoms with van der Waals surface area (Å²) in [5.41, 5.74) is 1.49. The van der Waals surface area contributed by atoms with Gasteiger partial charge in [-0.15, -0.1) is 0 Å². The van der Waals surface area contributed by atoms with E-state index < -0.39 is 9.84 Å². The number of hydrogen-bond acceptors (Lipinski definition) is 7. The van der Waals surface area contributed by atoms with Crippen molar-refractivity contribution >= 4 is 32.5 Å². The van der Waals surface area contributed by atoms with Crippen molar-refractivity contribution in [3.8, 4) is 22.8 Å². The van der Waals surface area contributed by atoms with E-state index in [1.807, 2.05) is 17.8 Å². The van der Waals surface area contributed by atoms with Crippen LogP contribution in [-0.2, 0) is 21.7 Å². The minimum atomic E-state index is -3.58. The highest BCUT2D eigenvalue weighted by Gasteiger charge is 2.50. The number of fused-ring (bicyclic) bond motifs is 2. The van der Waals surface area contributed by atoms with Gasteiger partial charge in [0, 0.05) is 43.4 Å². The summed E-state index contributed by atoms with van der Waals surface area (Å²) in [5, 5.41) is 3.35. The first-order chi connectivity index (χ1) is 14.2. The van der Waals surface area contributed by atoms with Crippen LogP contribution in [0.5, 0.6) is 11.5 Å². The number of ether oxygens (including phenoxy) is 2. The molecule has 0 saturated heterocycles. The first-order valence-corrected chi connectivity index (χ1v) is 11.3. The molecule has 4 heterocycles. The maximum Gasteiger partial charge on any atom is 0.222 e. The second-order valence-corrected chi connectivity index (χ2v) is 9.87. The highest BCUT2D eigenvalue weighted by molar-refractivity contribution is 7.90. The fraction of sp³-hybridized carbons (Fsp3) is 0.350. The van der Waals surface area contributed by atoms with Crippen molar-refractivity contribution in [3.63, 3.8) is 0 Å². The Morgan fingerprint density at radius 1 is 1.30 bits per heavy atom. The Kier molecular flexibility index (Phi) is 3.88. The van der Waals surface area contributed by atoms with E-state index in [-0.39, 0.29) is 16.5 Å². The number of amides is 1. The molecule has 3 aromatic heterocycles. The molecule has 0 aromatic carbocycles. The predicted octanol–water partition coefficient (Wildman–Crippen LogP) is 2.30. The van der Waals surface area contributed by atoms with Crippen LogP contribution in [0.25, 0.3) is 22.2 Å². The highest BCUT2D eigenvalue weighted by Crippen LogP contribution is 2.51. The van der Waals surface area contributed by atoms with E-state index in [0.29, 0.717) is 35.2 Å². The normalized spacial score (nSPS) is 16.6. The van der Waals surface area contributed by atoms with E-state index >= 15 is 0 Å². The van der Waals surface area contributed by atoms with E-state index in [1.165, 1.54) is 13.0 Å². The van der Waals surface area contributed by atoms with Crippen molar-refractivity contribution in [2.75, 3.05) is 18.2 Å². The number of nitrogens with one attached hydrogen (secondary N) is 1. The summed E-state index contributed by atoms with van der Waals surface area (Å²) >= 11 is 0. The summed E-state index contributed by atoms with van der Waals surface area (Å²) in [6, 6.07) is 3.17. The van der Waals surface area contributed by atoms with Crippen LogP contribution in [-0.4, -0.2) is 47.3 Å². The van der Waals surface area contributed by atoms with Gasteiger partial charge in [-0.2, -0.15) is 0 Å². The van der Waals surface area contributed by atoms with Gasteiger partial charge in [-0.25, -0.2) is 18.4 Å². The van der Waals surface area contributed by atoms with Crippen molar-refractivity contribution in [2.24, 2.45) is 7.05 Å². The molecular weight excluding hydrogens is 408 g/mol. The summed E-state index contributed by atoms with van der Waals surface area (Å²) in [5.74, 6) is 0.965. The Morgan fingerprint density at radius 2 is 2.07 bits per heavy atom. The molecule has 1 aliphatic heterocycles. The average molecular weight is 428 g/mol. The molecule has 5 rings (SSSR count). The summed E-state index contributed by atoms with van der Waals surface area (Å²) in [6.45, 7) is 1.81. The summed E-state index contributed by atoms with van der Waals surface area (Å²) in [6.07, 6.45) is 6.34. The molecule has 1 saturated carbocycles. The van der Waals surface area contributed by atoms with Crippen LogP contribution in [0.15, 0.2) is 29.6 Å². The Balaban J connectivity index is 1.75. The molecule has 0 atom stereocenters. The van der Waals surface area contributed by atoms with Gasteiger partial charge in [0.1, 0.15) is 23.7 Å². The third-order valence-corrected chi connectivity index (χ3v) is 6.31. The van der Waals surface area contributed by atoms with Gasteiger partial charge in [0.05, 0.1) is 11.7 Å². The molecule has 9 nitrogen and oxygen atoms in total. The van der Waals surface area contributed by atoms with Crippen LogP contribution in [0, 0.1) is 0 Å². The lowest BCUT2D eigenvalue weighted by Crippen LogP contribution is -2.31. The Labute approximate surface area is 173 Å². The van der Waals surface area contributed by atoms with Gasteiger partial charge in [0.15, 0.2) is 26.4 Å². The third kappa shape index (κ3) is 3.07. The van der Waals surface area contributed by atoms with Crippen LogP contribution in [0.3, 0.4) is 0 Å². The number of aromatic nitrogens is 3. The van der Waals surface area contributed by atoms with Gasteiger partial charge in [0.25, 0.3) is 0 Å². The van der Waals surface area contributed by atoms with E-state index in [2.05, 4.69) is 15.3 Å². The van der Waals surface area contributed by atoms with Gasteiger partial charge >= 0.3 is 0 Å². The van der Waals surface area contributed by atoms with Crippen molar-refractivity contribution in [3.05, 3.63) is 24.5 Å². The van der Waals surface area contributed by atoms with Gasteiger partial charge in [-0.05, 0) is 18.9 Å². The van der Waals surface area contributed by atoms with Crippen molar-refractivity contribution < 1.29 is 22.7 Å². The zero-order chi connectivity index (χ0) is 21.3. The predicted molar refractivity (Wildman–Crippen MR) is 109 cm³/mol. The third-order valence-electron chi connectivity index (χ3n) is 5.34. The fourth-order valence-corrected chi connectivity index (χ4v) is 4.22. The lowest BCUT2D eigenvalue weighted by atomic mass is 10.1. The second-order valence-electron chi connectivity index (χ2n) is 7.90. The number of rotatable bonds is 3. The minimum absolute atomic E-state index is 0.0781.